The quantitative estimate of drug-likeness (QED) is 0.227. The Morgan fingerprint density at radius 1 is 0.757 bits per heavy atom. The number of hydrogen-bond acceptors (Lipinski definition) is 3. The third-order valence-electron chi connectivity index (χ3n) is 6.40. The lowest BCUT2D eigenvalue weighted by molar-refractivity contribution is 0.103. The molecule has 0 amide bonds. The number of ether oxygens (including phenoxy) is 1. The van der Waals surface area contributed by atoms with E-state index in [0.717, 1.165) is 33.3 Å². The Balaban J connectivity index is 1.38. The van der Waals surface area contributed by atoms with Crippen molar-refractivity contribution in [3.05, 3.63) is 139 Å². The molecule has 0 aliphatic carbocycles. The fourth-order valence-corrected chi connectivity index (χ4v) is 4.65. The van der Waals surface area contributed by atoms with Crippen LogP contribution in [0.1, 0.15) is 21.6 Å². The maximum Gasteiger partial charge on any atom is 0.195 e. The van der Waals surface area contributed by atoms with Gasteiger partial charge in [0.1, 0.15) is 11.5 Å². The maximum absolute atomic E-state index is 13.8. The Labute approximate surface area is 215 Å². The lowest BCUT2D eigenvalue weighted by Crippen LogP contribution is -2.02. The van der Waals surface area contributed by atoms with Crippen LogP contribution in [-0.4, -0.2) is 19.9 Å². The number of hydrogen-bond donors (Lipinski definition) is 0. The molecule has 0 bridgehead atoms. The van der Waals surface area contributed by atoms with Gasteiger partial charge in [-0.3, -0.25) is 4.79 Å². The minimum Gasteiger partial charge on any atom is -0.457 e. The summed E-state index contributed by atoms with van der Waals surface area (Å²) in [4.78, 5) is 18.3. The second-order valence-corrected chi connectivity index (χ2v) is 9.08. The molecule has 0 radical (unpaired) electrons. The molecule has 0 aliphatic rings. The van der Waals surface area contributed by atoms with Crippen LogP contribution in [0.4, 0.5) is 0 Å². The second-order valence-electron chi connectivity index (χ2n) is 9.08. The van der Waals surface area contributed by atoms with Crippen molar-refractivity contribution in [2.75, 3.05) is 0 Å². The van der Waals surface area contributed by atoms with Gasteiger partial charge in [0, 0.05) is 42.3 Å². The molecule has 6 rings (SSSR count). The van der Waals surface area contributed by atoms with Crippen molar-refractivity contribution in [1.29, 1.82) is 0 Å². The van der Waals surface area contributed by atoms with Gasteiger partial charge in [-0.25, -0.2) is 4.98 Å². The van der Waals surface area contributed by atoms with Crippen molar-refractivity contribution in [3.63, 3.8) is 0 Å². The first-order chi connectivity index (χ1) is 18.1. The third kappa shape index (κ3) is 4.67. The number of benzene rings is 4. The smallest absolute Gasteiger partial charge is 0.195 e. The lowest BCUT2D eigenvalue weighted by atomic mass is 9.94. The van der Waals surface area contributed by atoms with Crippen molar-refractivity contribution < 1.29 is 9.53 Å². The average Bonchev–Trinajstić information content (AvgIpc) is 3.55. The van der Waals surface area contributed by atoms with Crippen LogP contribution in [0, 0.1) is 0 Å². The number of aryl methyl sites for hydroxylation is 1. The highest BCUT2D eigenvalue weighted by atomic mass is 16.5. The van der Waals surface area contributed by atoms with Gasteiger partial charge in [-0.1, -0.05) is 60.7 Å². The highest BCUT2D eigenvalue weighted by Gasteiger charge is 2.20. The van der Waals surface area contributed by atoms with Crippen molar-refractivity contribution in [2.45, 2.75) is 6.54 Å². The summed E-state index contributed by atoms with van der Waals surface area (Å²) in [5.74, 6) is 1.41. The Kier molecular flexibility index (Phi) is 5.87. The Bertz CT molecular complexity index is 1690. The first-order valence-corrected chi connectivity index (χ1v) is 12.2. The minimum atomic E-state index is -0.0334. The number of para-hydroxylation sites is 1. The summed E-state index contributed by atoms with van der Waals surface area (Å²) in [5.41, 5.74) is 4.14. The van der Waals surface area contributed by atoms with Crippen molar-refractivity contribution in [3.8, 4) is 22.6 Å². The summed E-state index contributed by atoms with van der Waals surface area (Å²) in [6.45, 7) is 0.579. The number of carbonyl (C=O) groups excluding carboxylic acids is 1. The SMILES string of the molecule is Cn1cnc(Cn2cc(C(=O)c3ccc(Oc4ccccc4)cc3)c(-c3cccc4ccccc34)c2)c1. The average molecular weight is 484 g/mol. The number of ketones is 1. The van der Waals surface area contributed by atoms with E-state index in [4.69, 9.17) is 4.74 Å². The van der Waals surface area contributed by atoms with Crippen molar-refractivity contribution >= 4 is 16.6 Å². The number of imidazole rings is 1. The lowest BCUT2D eigenvalue weighted by Gasteiger charge is -2.09. The zero-order chi connectivity index (χ0) is 25.2. The summed E-state index contributed by atoms with van der Waals surface area (Å²) >= 11 is 0. The van der Waals surface area contributed by atoms with Crippen molar-refractivity contribution in [1.82, 2.24) is 14.1 Å². The summed E-state index contributed by atoms with van der Waals surface area (Å²) in [6.07, 6.45) is 7.76. The van der Waals surface area contributed by atoms with Gasteiger partial charge < -0.3 is 13.9 Å². The predicted octanol–water partition coefficient (Wildman–Crippen LogP) is 7.11. The van der Waals surface area contributed by atoms with E-state index in [1.807, 2.05) is 101 Å². The van der Waals surface area contributed by atoms with E-state index < -0.39 is 0 Å². The fourth-order valence-electron chi connectivity index (χ4n) is 4.65. The molecule has 0 atom stereocenters. The molecular formula is C32H25N3O2. The predicted molar refractivity (Wildman–Crippen MR) is 146 cm³/mol. The highest BCUT2D eigenvalue weighted by Crippen LogP contribution is 2.33. The van der Waals surface area contributed by atoms with Gasteiger partial charge in [-0.15, -0.1) is 0 Å². The number of aromatic nitrogens is 3. The molecule has 0 aliphatic heterocycles. The molecular weight excluding hydrogens is 458 g/mol. The summed E-state index contributed by atoms with van der Waals surface area (Å²) in [7, 11) is 1.95. The third-order valence-corrected chi connectivity index (χ3v) is 6.40. The fraction of sp³-hybridized carbons (Fsp3) is 0.0625. The molecule has 5 heteroatoms. The number of fused-ring (bicyclic) bond motifs is 1. The minimum absolute atomic E-state index is 0.0334. The molecule has 6 aromatic rings. The van der Waals surface area contributed by atoms with Gasteiger partial charge in [0.2, 0.25) is 0 Å². The molecule has 37 heavy (non-hydrogen) atoms. The molecule has 5 nitrogen and oxygen atoms in total. The highest BCUT2D eigenvalue weighted by molar-refractivity contribution is 6.14. The summed E-state index contributed by atoms with van der Waals surface area (Å²) < 4.78 is 9.88. The van der Waals surface area contributed by atoms with Crippen molar-refractivity contribution in [2.24, 2.45) is 7.05 Å². The van der Waals surface area contributed by atoms with E-state index in [2.05, 4.69) is 35.4 Å². The Hall–Kier alpha value is -4.90. The molecule has 0 fully saturated rings. The summed E-state index contributed by atoms with van der Waals surface area (Å²) in [5, 5.41) is 2.25. The van der Waals surface area contributed by atoms with Crippen LogP contribution in [0.3, 0.4) is 0 Å². The molecule has 2 heterocycles. The van der Waals surface area contributed by atoms with E-state index in [0.29, 0.717) is 23.4 Å². The van der Waals surface area contributed by atoms with Gasteiger partial charge in [0.15, 0.2) is 5.78 Å². The summed E-state index contributed by atoms with van der Waals surface area (Å²) in [6, 6.07) is 31.4. The molecule has 0 unspecified atom stereocenters. The Morgan fingerprint density at radius 2 is 1.49 bits per heavy atom. The normalized spacial score (nSPS) is 11.1. The van der Waals surface area contributed by atoms with Crippen LogP contribution in [0.2, 0.25) is 0 Å². The van der Waals surface area contributed by atoms with Gasteiger partial charge in [-0.2, -0.15) is 0 Å². The van der Waals surface area contributed by atoms with Crippen LogP contribution in [0.5, 0.6) is 11.5 Å². The molecule has 0 saturated heterocycles. The first kappa shape index (κ1) is 22.6. The number of rotatable bonds is 7. The van der Waals surface area contributed by atoms with E-state index in [-0.39, 0.29) is 5.78 Å². The molecule has 2 aromatic heterocycles. The van der Waals surface area contributed by atoms with Gasteiger partial charge >= 0.3 is 0 Å². The zero-order valence-corrected chi connectivity index (χ0v) is 20.4. The Morgan fingerprint density at radius 3 is 2.27 bits per heavy atom. The molecule has 4 aromatic carbocycles. The molecule has 0 N–H and O–H groups in total. The molecule has 0 saturated carbocycles. The zero-order valence-electron chi connectivity index (χ0n) is 20.4. The van der Waals surface area contributed by atoms with Crippen LogP contribution in [0.25, 0.3) is 21.9 Å². The topological polar surface area (TPSA) is 49.0 Å². The second kappa shape index (κ2) is 9.63. The molecule has 0 spiro atoms. The maximum atomic E-state index is 13.8. The van der Waals surface area contributed by atoms with Crippen LogP contribution in [0.15, 0.2) is 122 Å². The van der Waals surface area contributed by atoms with Crippen LogP contribution in [-0.2, 0) is 13.6 Å². The van der Waals surface area contributed by atoms with Crippen LogP contribution < -0.4 is 4.74 Å². The van der Waals surface area contributed by atoms with E-state index >= 15 is 0 Å². The number of nitrogens with zero attached hydrogens (tertiary/aromatic N) is 3. The van der Waals surface area contributed by atoms with Gasteiger partial charge in [0.05, 0.1) is 18.6 Å². The van der Waals surface area contributed by atoms with E-state index in [9.17, 15) is 4.79 Å². The largest absolute Gasteiger partial charge is 0.457 e. The monoisotopic (exact) mass is 483 g/mol. The number of carbonyl (C=O) groups is 1. The first-order valence-electron chi connectivity index (χ1n) is 12.2. The van der Waals surface area contributed by atoms with E-state index in [1.54, 1.807) is 6.33 Å². The van der Waals surface area contributed by atoms with Crippen LogP contribution >= 0.6 is 0 Å². The molecule has 180 valence electrons. The van der Waals surface area contributed by atoms with Gasteiger partial charge in [0.25, 0.3) is 0 Å². The standard InChI is InChI=1S/C32H25N3O2/c1-34-18-25(33-22-34)19-35-20-30(29-13-7-9-23-8-5-6-12-28(23)29)31(21-35)32(36)24-14-16-27(17-15-24)37-26-10-3-2-4-11-26/h2-18,20-22H,19H2,1H3. The van der Waals surface area contributed by atoms with E-state index in [1.165, 1.54) is 0 Å². The van der Waals surface area contributed by atoms with Gasteiger partial charge in [-0.05, 0) is 52.7 Å².